The highest BCUT2D eigenvalue weighted by Gasteiger charge is 2.24. The van der Waals surface area contributed by atoms with Gasteiger partial charge in [0.2, 0.25) is 0 Å². The first-order chi connectivity index (χ1) is 16.1. The Morgan fingerprint density at radius 3 is 1.26 bits per heavy atom. The van der Waals surface area contributed by atoms with Gasteiger partial charge in [-0.05, 0) is 73.9 Å². The second-order valence-electron chi connectivity index (χ2n) is 11.6. The molecule has 3 nitrogen and oxygen atoms in total. The van der Waals surface area contributed by atoms with E-state index in [1.54, 1.807) is 12.1 Å². The van der Waals surface area contributed by atoms with Gasteiger partial charge in [-0.3, -0.25) is 0 Å². The van der Waals surface area contributed by atoms with Crippen LogP contribution in [0.25, 0.3) is 21.8 Å². The molecule has 0 saturated heterocycles. The van der Waals surface area contributed by atoms with E-state index >= 15 is 8.78 Å². The first-order valence-electron chi connectivity index (χ1n) is 12.0. The molecular weight excluding hydrogens is 442 g/mol. The van der Waals surface area contributed by atoms with E-state index in [0.29, 0.717) is 33.7 Å². The molecule has 35 heavy (non-hydrogen) atoms. The molecule has 0 bridgehead atoms. The molecule has 2 heterocycles. The third kappa shape index (κ3) is 4.37. The minimum atomic E-state index is -0.381. The van der Waals surface area contributed by atoms with Crippen molar-refractivity contribution in [2.45, 2.75) is 80.1 Å². The summed E-state index contributed by atoms with van der Waals surface area (Å²) in [5, 5.41) is 1.21. The number of rotatable bonds is 2. The normalized spacial score (nSPS) is 12.6. The summed E-state index contributed by atoms with van der Waals surface area (Å²) >= 11 is 0. The van der Waals surface area contributed by atoms with Crippen molar-refractivity contribution in [3.8, 4) is 11.5 Å². The SMILES string of the molecule is Cc1nc2c(F)cc(C(C)(C)C)cc2c(Oc2c(C)c(C)nc3c(F)cc(C(C)(C)C)cc23)c1C. The Morgan fingerprint density at radius 2 is 0.943 bits per heavy atom. The molecule has 0 aliphatic heterocycles. The Labute approximate surface area is 206 Å². The predicted octanol–water partition coefficient (Wildman–Crippen LogP) is 8.68. The Morgan fingerprint density at radius 1 is 0.600 bits per heavy atom. The summed E-state index contributed by atoms with van der Waals surface area (Å²) in [6.07, 6.45) is 0. The number of ether oxygens (including phenoxy) is 1. The van der Waals surface area contributed by atoms with Crippen LogP contribution in [0.4, 0.5) is 8.78 Å². The van der Waals surface area contributed by atoms with Gasteiger partial charge in [-0.15, -0.1) is 0 Å². The third-order valence-corrected chi connectivity index (χ3v) is 6.88. The number of hydrogen-bond acceptors (Lipinski definition) is 3. The van der Waals surface area contributed by atoms with Crippen LogP contribution in [0.3, 0.4) is 0 Å². The first-order valence-corrected chi connectivity index (χ1v) is 12.0. The molecule has 0 atom stereocenters. The maximum Gasteiger partial charge on any atom is 0.149 e. The Hall–Kier alpha value is -3.08. The number of nitrogens with zero attached hydrogens (tertiary/aromatic N) is 2. The van der Waals surface area contributed by atoms with Crippen molar-refractivity contribution in [2.75, 3.05) is 0 Å². The van der Waals surface area contributed by atoms with Gasteiger partial charge in [0.1, 0.15) is 34.2 Å². The highest BCUT2D eigenvalue weighted by molar-refractivity contribution is 5.92. The smallest absolute Gasteiger partial charge is 0.149 e. The molecule has 0 spiro atoms. The molecule has 5 heteroatoms. The summed E-state index contributed by atoms with van der Waals surface area (Å²) in [5.41, 5.74) is 4.73. The molecule has 2 aromatic carbocycles. The number of aryl methyl sites for hydroxylation is 2. The number of benzene rings is 2. The number of hydrogen-bond donors (Lipinski definition) is 0. The van der Waals surface area contributed by atoms with E-state index in [2.05, 4.69) is 9.97 Å². The minimum Gasteiger partial charge on any atom is -0.455 e. The van der Waals surface area contributed by atoms with Crippen molar-refractivity contribution in [2.24, 2.45) is 0 Å². The molecule has 0 N–H and O–H groups in total. The molecule has 184 valence electrons. The zero-order valence-electron chi connectivity index (χ0n) is 22.4. The Balaban J connectivity index is 2.08. The first kappa shape index (κ1) is 25.0. The second kappa shape index (κ2) is 8.25. The zero-order valence-corrected chi connectivity index (χ0v) is 22.4. The van der Waals surface area contributed by atoms with Crippen LogP contribution in [0.5, 0.6) is 11.5 Å². The van der Waals surface area contributed by atoms with Gasteiger partial charge in [-0.25, -0.2) is 18.7 Å². The molecule has 0 saturated carbocycles. The third-order valence-electron chi connectivity index (χ3n) is 6.88. The number of fused-ring (bicyclic) bond motifs is 2. The van der Waals surface area contributed by atoms with Gasteiger partial charge in [-0.1, -0.05) is 41.5 Å². The zero-order chi connectivity index (χ0) is 26.0. The monoisotopic (exact) mass is 476 g/mol. The number of aromatic nitrogens is 2. The highest BCUT2D eigenvalue weighted by Crippen LogP contribution is 2.42. The van der Waals surface area contributed by atoms with Crippen molar-refractivity contribution in [3.05, 3.63) is 69.5 Å². The van der Waals surface area contributed by atoms with E-state index in [1.165, 1.54) is 0 Å². The molecule has 0 fully saturated rings. The average molecular weight is 477 g/mol. The van der Waals surface area contributed by atoms with Crippen molar-refractivity contribution in [3.63, 3.8) is 0 Å². The maximum absolute atomic E-state index is 15.3. The quantitative estimate of drug-likeness (QED) is 0.290. The van der Waals surface area contributed by atoms with E-state index in [1.807, 2.05) is 81.4 Å². The van der Waals surface area contributed by atoms with Gasteiger partial charge in [-0.2, -0.15) is 0 Å². The van der Waals surface area contributed by atoms with Gasteiger partial charge >= 0.3 is 0 Å². The predicted molar refractivity (Wildman–Crippen MR) is 140 cm³/mol. The van der Waals surface area contributed by atoms with E-state index < -0.39 is 0 Å². The van der Waals surface area contributed by atoms with Crippen LogP contribution in [0.2, 0.25) is 0 Å². The van der Waals surface area contributed by atoms with Crippen LogP contribution in [-0.4, -0.2) is 9.97 Å². The molecule has 0 radical (unpaired) electrons. The average Bonchev–Trinajstić information content (AvgIpc) is 2.73. The minimum absolute atomic E-state index is 0.258. The van der Waals surface area contributed by atoms with Crippen LogP contribution in [0, 0.1) is 39.3 Å². The van der Waals surface area contributed by atoms with E-state index in [-0.39, 0.29) is 33.5 Å². The topological polar surface area (TPSA) is 35.0 Å². The maximum atomic E-state index is 15.3. The fourth-order valence-corrected chi connectivity index (χ4v) is 4.24. The molecule has 2 aromatic heterocycles. The van der Waals surface area contributed by atoms with Crippen LogP contribution in [-0.2, 0) is 10.8 Å². The van der Waals surface area contributed by atoms with Gasteiger partial charge < -0.3 is 4.74 Å². The second-order valence-corrected chi connectivity index (χ2v) is 11.6. The van der Waals surface area contributed by atoms with Crippen molar-refractivity contribution < 1.29 is 13.5 Å². The van der Waals surface area contributed by atoms with Crippen molar-refractivity contribution in [1.82, 2.24) is 9.97 Å². The van der Waals surface area contributed by atoms with Gasteiger partial charge in [0.05, 0.1) is 0 Å². The van der Waals surface area contributed by atoms with Crippen molar-refractivity contribution in [1.29, 1.82) is 0 Å². The molecule has 4 rings (SSSR count). The number of halogens is 2. The van der Waals surface area contributed by atoms with Gasteiger partial charge in [0, 0.05) is 33.3 Å². The van der Waals surface area contributed by atoms with Crippen LogP contribution >= 0.6 is 0 Å². The fraction of sp³-hybridized carbons (Fsp3) is 0.400. The Bertz CT molecular complexity index is 1380. The standard InChI is InChI=1S/C30H34F2N2O/c1-15-17(3)33-25-21(11-19(13-23(25)31)29(5,6)7)27(15)35-28-16(2)18(4)34-26-22(28)12-20(14-24(26)32)30(8,9)10/h11-14H,1-10H3. The molecule has 4 aromatic rings. The van der Waals surface area contributed by atoms with Crippen LogP contribution in [0.1, 0.15) is 75.2 Å². The summed E-state index contributed by atoms with van der Waals surface area (Å²) in [6.45, 7) is 19.8. The molecule has 0 amide bonds. The lowest BCUT2D eigenvalue weighted by Crippen LogP contribution is -2.12. The summed E-state index contributed by atoms with van der Waals surface area (Å²) in [6, 6.07) is 7.02. The molecular formula is C30H34F2N2O. The van der Waals surface area contributed by atoms with Gasteiger partial charge in [0.25, 0.3) is 0 Å². The fourth-order valence-electron chi connectivity index (χ4n) is 4.24. The lowest BCUT2D eigenvalue weighted by atomic mass is 9.85. The molecule has 0 aliphatic carbocycles. The molecule has 0 unspecified atom stereocenters. The van der Waals surface area contributed by atoms with E-state index in [0.717, 1.165) is 22.3 Å². The van der Waals surface area contributed by atoms with E-state index in [9.17, 15) is 0 Å². The van der Waals surface area contributed by atoms with Crippen LogP contribution < -0.4 is 4.74 Å². The highest BCUT2D eigenvalue weighted by atomic mass is 19.1. The van der Waals surface area contributed by atoms with Crippen LogP contribution in [0.15, 0.2) is 24.3 Å². The lowest BCUT2D eigenvalue weighted by molar-refractivity contribution is 0.482. The van der Waals surface area contributed by atoms with Crippen molar-refractivity contribution >= 4 is 21.8 Å². The summed E-state index contributed by atoms with van der Waals surface area (Å²) in [4.78, 5) is 9.07. The summed E-state index contributed by atoms with van der Waals surface area (Å²) in [7, 11) is 0. The lowest BCUT2D eigenvalue weighted by Gasteiger charge is -2.23. The Kier molecular flexibility index (Phi) is 5.90. The largest absolute Gasteiger partial charge is 0.455 e. The summed E-state index contributed by atoms with van der Waals surface area (Å²) in [5.74, 6) is 0.311. The van der Waals surface area contributed by atoms with Gasteiger partial charge in [0.15, 0.2) is 0 Å². The molecule has 0 aliphatic rings. The van der Waals surface area contributed by atoms with E-state index in [4.69, 9.17) is 4.74 Å². The summed E-state index contributed by atoms with van der Waals surface area (Å²) < 4.78 is 37.2. The number of pyridine rings is 2.